The summed E-state index contributed by atoms with van der Waals surface area (Å²) in [6.45, 7) is 5.78. The second kappa shape index (κ2) is 30.2. The molecule has 2 atom stereocenters. The number of hydrogen-bond donors (Lipinski definition) is 9. The Morgan fingerprint density at radius 2 is 1.34 bits per heavy atom. The first-order valence-electron chi connectivity index (χ1n) is 19.9. The predicted molar refractivity (Wildman–Crippen MR) is 217 cm³/mol. The number of alkyl carbamates (subject to hydrolysis) is 1. The summed E-state index contributed by atoms with van der Waals surface area (Å²) in [5, 5.41) is 13.3. The molecule has 2 rings (SSSR count). The number of ether oxygens (including phenoxy) is 5. The Bertz CT molecular complexity index is 1580. The lowest BCUT2D eigenvalue weighted by Gasteiger charge is -2.25. The Hall–Kier alpha value is -5.88. The maximum Gasteiger partial charge on any atom is 0.422 e. The number of hydrogen-bond acceptors (Lipinski definition) is 15. The first-order chi connectivity index (χ1) is 29.3. The maximum absolute atomic E-state index is 13.4. The lowest BCUT2D eigenvalue weighted by molar-refractivity contribution is -0.137. The molecule has 0 aliphatic carbocycles. The van der Waals surface area contributed by atoms with Crippen LogP contribution in [-0.2, 0) is 54.3 Å². The summed E-state index contributed by atoms with van der Waals surface area (Å²) in [4.78, 5) is 98.5. The molecule has 340 valence electrons. The Balaban J connectivity index is 1.73. The molecule has 23 heteroatoms. The summed E-state index contributed by atoms with van der Waals surface area (Å²) >= 11 is 0. The third-order valence-corrected chi connectivity index (χ3v) is 8.54. The van der Waals surface area contributed by atoms with Crippen LogP contribution in [-0.4, -0.2) is 131 Å². The van der Waals surface area contributed by atoms with E-state index < -0.39 is 42.1 Å². The van der Waals surface area contributed by atoms with Gasteiger partial charge in [0, 0.05) is 43.9 Å². The predicted octanol–water partition coefficient (Wildman–Crippen LogP) is -0.435. The van der Waals surface area contributed by atoms with E-state index >= 15 is 0 Å². The molecule has 1 aromatic carbocycles. The molecule has 23 nitrogen and oxygen atoms in total. The molecular formula is C38H60N10O13. The summed E-state index contributed by atoms with van der Waals surface area (Å²) in [5.41, 5.74) is 10.2. The van der Waals surface area contributed by atoms with E-state index in [-0.39, 0.29) is 82.5 Å². The number of amides is 9. The van der Waals surface area contributed by atoms with E-state index in [4.69, 9.17) is 35.3 Å². The van der Waals surface area contributed by atoms with Gasteiger partial charge in [0.2, 0.25) is 17.7 Å². The van der Waals surface area contributed by atoms with Crippen LogP contribution in [0, 0.1) is 5.92 Å². The Morgan fingerprint density at radius 1 is 0.705 bits per heavy atom. The molecule has 1 heterocycles. The second-order valence-corrected chi connectivity index (χ2v) is 13.7. The van der Waals surface area contributed by atoms with Crippen LogP contribution in [0.2, 0.25) is 0 Å². The quantitative estimate of drug-likeness (QED) is 0.0198. The van der Waals surface area contributed by atoms with Crippen LogP contribution in [0.3, 0.4) is 0 Å². The van der Waals surface area contributed by atoms with Crippen LogP contribution in [0.15, 0.2) is 36.4 Å². The second-order valence-electron chi connectivity index (χ2n) is 13.7. The largest absolute Gasteiger partial charge is 0.446 e. The molecule has 1 aliphatic heterocycles. The molecule has 9 amide bonds. The van der Waals surface area contributed by atoms with E-state index in [1.54, 1.807) is 38.1 Å². The molecule has 1 aromatic rings. The normalized spacial score (nSPS) is 13.0. The minimum absolute atomic E-state index is 0.0484. The number of imide groups is 1. The molecule has 0 fully saturated rings. The van der Waals surface area contributed by atoms with Crippen LogP contribution in [0.4, 0.5) is 20.1 Å². The minimum atomic E-state index is -1.04. The zero-order valence-corrected chi connectivity index (χ0v) is 34.6. The smallest absolute Gasteiger partial charge is 0.422 e. The van der Waals surface area contributed by atoms with Crippen LogP contribution >= 0.6 is 0 Å². The third-order valence-electron chi connectivity index (χ3n) is 8.54. The van der Waals surface area contributed by atoms with Gasteiger partial charge in [-0.15, -0.1) is 0 Å². The standard InChI is InChI=1S/C38H60N10O13/c1-26(2)33(45-30(49)8-4-3-5-17-48-31(50)13-14-32(48)51)35(53)44-29(7-6-15-41-36(39)54)34(52)43-28-11-9-27(10-12-28)25-61-37(55)42-16-18-57-19-20-58-21-22-59-23-24-60-38(56)46-47-40/h9-14,26,29,33,47H,3-8,15-25,40H2,1-2H3,(H,42,55)(H,43,52)(H,44,53)(H,45,49)(H,46,56)(H3,39,41,54)/t29-,33-/m0/s1. The maximum atomic E-state index is 13.4. The van der Waals surface area contributed by atoms with E-state index in [0.717, 1.165) is 4.90 Å². The molecular weight excluding hydrogens is 804 g/mol. The van der Waals surface area contributed by atoms with Crippen LogP contribution in [0.25, 0.3) is 0 Å². The molecule has 0 radical (unpaired) electrons. The first kappa shape index (κ1) is 51.3. The lowest BCUT2D eigenvalue weighted by Crippen LogP contribution is -2.54. The average molecular weight is 865 g/mol. The fourth-order valence-corrected chi connectivity index (χ4v) is 5.38. The fourth-order valence-electron chi connectivity index (χ4n) is 5.38. The summed E-state index contributed by atoms with van der Waals surface area (Å²) in [7, 11) is 0. The number of nitrogens with zero attached hydrogens (tertiary/aromatic N) is 1. The van der Waals surface area contributed by atoms with Crippen LogP contribution in [0.5, 0.6) is 0 Å². The van der Waals surface area contributed by atoms with Crippen molar-refractivity contribution >= 4 is 53.4 Å². The van der Waals surface area contributed by atoms with Crippen LogP contribution < -0.4 is 49.1 Å². The summed E-state index contributed by atoms with van der Waals surface area (Å²) in [6, 6.07) is 3.81. The van der Waals surface area contributed by atoms with E-state index in [2.05, 4.69) is 26.6 Å². The van der Waals surface area contributed by atoms with Crippen molar-refractivity contribution in [1.29, 1.82) is 0 Å². The monoisotopic (exact) mass is 864 g/mol. The van der Waals surface area contributed by atoms with Gasteiger partial charge in [-0.05, 0) is 49.3 Å². The number of urea groups is 1. The summed E-state index contributed by atoms with van der Waals surface area (Å²) in [6.07, 6.45) is 3.21. The molecule has 0 unspecified atom stereocenters. The lowest BCUT2D eigenvalue weighted by atomic mass is 10.0. The number of hydrazine groups is 2. The zero-order valence-electron chi connectivity index (χ0n) is 34.6. The molecule has 11 N–H and O–H groups in total. The van der Waals surface area contributed by atoms with Crippen molar-refractivity contribution in [3.8, 4) is 0 Å². The number of carbonyl (C=O) groups excluding carboxylic acids is 8. The number of carbonyl (C=O) groups is 8. The number of benzene rings is 1. The summed E-state index contributed by atoms with van der Waals surface area (Å²) < 4.78 is 26.0. The highest BCUT2D eigenvalue weighted by Crippen LogP contribution is 2.13. The van der Waals surface area contributed by atoms with Gasteiger partial charge < -0.3 is 56.0 Å². The fraction of sp³-hybridized carbons (Fsp3) is 0.579. The van der Waals surface area contributed by atoms with Crippen molar-refractivity contribution in [1.82, 2.24) is 37.1 Å². The first-order valence-corrected chi connectivity index (χ1v) is 19.9. The Morgan fingerprint density at radius 3 is 1.97 bits per heavy atom. The molecule has 0 spiro atoms. The van der Waals surface area contributed by atoms with E-state index in [9.17, 15) is 38.4 Å². The van der Waals surface area contributed by atoms with Gasteiger partial charge in [0.25, 0.3) is 11.8 Å². The highest BCUT2D eigenvalue weighted by Gasteiger charge is 2.29. The van der Waals surface area contributed by atoms with Gasteiger partial charge >= 0.3 is 18.2 Å². The average Bonchev–Trinajstić information content (AvgIpc) is 3.54. The topological polar surface area (TPSA) is 322 Å². The van der Waals surface area contributed by atoms with Gasteiger partial charge in [-0.3, -0.25) is 34.7 Å². The van der Waals surface area contributed by atoms with Gasteiger partial charge in [0.1, 0.15) is 25.3 Å². The SMILES string of the molecule is CC(C)[C@H](NC(=O)CCCCCN1C(=O)C=CC1=O)C(=O)N[C@@H](CCCNC(N)=O)C(=O)Nc1ccc(COC(=O)NCCOCCOCCOCCOC(=O)NNN)cc1. The number of primary amides is 1. The van der Waals surface area contributed by atoms with Crippen LogP contribution in [0.1, 0.15) is 57.9 Å². The van der Waals surface area contributed by atoms with Crippen molar-refractivity contribution in [2.45, 2.75) is 71.1 Å². The minimum Gasteiger partial charge on any atom is -0.446 e. The Kier molecular flexibility index (Phi) is 25.4. The van der Waals surface area contributed by atoms with E-state index in [1.165, 1.54) is 12.2 Å². The van der Waals surface area contributed by atoms with Gasteiger partial charge in [0.05, 0.1) is 39.6 Å². The molecule has 61 heavy (non-hydrogen) atoms. The van der Waals surface area contributed by atoms with Crippen molar-refractivity contribution in [2.24, 2.45) is 17.5 Å². The number of anilines is 1. The molecule has 1 aliphatic rings. The molecule has 0 bridgehead atoms. The summed E-state index contributed by atoms with van der Waals surface area (Å²) in [5.74, 6) is 2.40. The highest BCUT2D eigenvalue weighted by molar-refractivity contribution is 6.12. The molecule has 0 saturated heterocycles. The van der Waals surface area contributed by atoms with Gasteiger partial charge in [0.15, 0.2) is 0 Å². The highest BCUT2D eigenvalue weighted by atomic mass is 16.6. The number of rotatable bonds is 31. The van der Waals surface area contributed by atoms with Crippen molar-refractivity contribution in [2.75, 3.05) is 71.2 Å². The third kappa shape index (κ3) is 22.9. The number of nitrogens with two attached hydrogens (primary N) is 2. The van der Waals surface area contributed by atoms with E-state index in [1.807, 2.05) is 11.0 Å². The van der Waals surface area contributed by atoms with Gasteiger partial charge in [-0.1, -0.05) is 32.4 Å². The Labute approximate surface area is 354 Å². The van der Waals surface area contributed by atoms with Crippen molar-refractivity contribution in [3.63, 3.8) is 0 Å². The van der Waals surface area contributed by atoms with Crippen molar-refractivity contribution in [3.05, 3.63) is 42.0 Å². The van der Waals surface area contributed by atoms with E-state index in [0.29, 0.717) is 63.4 Å². The molecule has 0 aromatic heterocycles. The van der Waals surface area contributed by atoms with Crippen molar-refractivity contribution < 1.29 is 62.0 Å². The number of unbranched alkanes of at least 4 members (excludes halogenated alkanes) is 2. The zero-order chi connectivity index (χ0) is 44.8. The number of nitrogens with one attached hydrogen (secondary N) is 7. The van der Waals surface area contributed by atoms with Gasteiger partial charge in [-0.2, -0.15) is 5.53 Å². The van der Waals surface area contributed by atoms with Gasteiger partial charge in [-0.25, -0.2) is 19.8 Å². The molecule has 0 saturated carbocycles.